The predicted octanol–water partition coefficient (Wildman–Crippen LogP) is 5.34. The Labute approximate surface area is 207 Å². The molecular weight excluding hydrogens is 460 g/mol. The van der Waals surface area contributed by atoms with E-state index in [0.717, 1.165) is 16.8 Å². The van der Waals surface area contributed by atoms with Crippen molar-refractivity contribution in [2.45, 2.75) is 12.2 Å². The Kier molecular flexibility index (Phi) is 7.80. The van der Waals surface area contributed by atoms with Crippen molar-refractivity contribution in [1.29, 1.82) is 0 Å². The summed E-state index contributed by atoms with van der Waals surface area (Å²) in [4.78, 5) is 24.8. The Hall–Kier alpha value is -4.82. The highest BCUT2D eigenvalue weighted by atomic mass is 16.6. The number of anilines is 1. The van der Waals surface area contributed by atoms with Gasteiger partial charge in [-0.2, -0.15) is 0 Å². The Bertz CT molecular complexity index is 1350. The van der Waals surface area contributed by atoms with Gasteiger partial charge >= 0.3 is 6.09 Å². The average Bonchev–Trinajstić information content (AvgIpc) is 2.91. The summed E-state index contributed by atoms with van der Waals surface area (Å²) in [6.45, 7) is 0. The predicted molar refractivity (Wildman–Crippen MR) is 135 cm³/mol. The molecule has 2 atom stereocenters. The van der Waals surface area contributed by atoms with Crippen LogP contribution in [0, 0.1) is 0 Å². The second kappa shape index (κ2) is 11.5. The highest BCUT2D eigenvalue weighted by Gasteiger charge is 2.28. The molecule has 4 rings (SSSR count). The molecule has 0 aliphatic carbocycles. The molecule has 2 amide bonds. The largest absolute Gasteiger partial charge is 0.508 e. The molecule has 0 aliphatic heterocycles. The molecule has 4 aromatic carbocycles. The Balaban J connectivity index is 1.66. The van der Waals surface area contributed by atoms with Crippen LogP contribution in [-0.2, 0) is 9.53 Å². The number of amides is 2. The average molecular weight is 485 g/mol. The number of hydrogen-bond acceptors (Lipinski definition) is 6. The van der Waals surface area contributed by atoms with Crippen molar-refractivity contribution in [3.05, 3.63) is 115 Å². The molecular formula is C28H24N2O6. The van der Waals surface area contributed by atoms with Crippen molar-refractivity contribution in [2.75, 3.05) is 5.32 Å². The van der Waals surface area contributed by atoms with Gasteiger partial charge in [-0.15, -0.1) is 0 Å². The molecule has 0 aromatic heterocycles. The molecule has 0 bridgehead atoms. The van der Waals surface area contributed by atoms with Crippen molar-refractivity contribution < 1.29 is 29.4 Å². The van der Waals surface area contributed by atoms with Crippen LogP contribution in [0.1, 0.15) is 11.7 Å². The quantitative estimate of drug-likeness (QED) is 0.152. The van der Waals surface area contributed by atoms with Gasteiger partial charge < -0.3 is 14.6 Å². The van der Waals surface area contributed by atoms with Gasteiger partial charge in [-0.05, 0) is 47.4 Å². The zero-order valence-electron chi connectivity index (χ0n) is 19.1. The first kappa shape index (κ1) is 24.3. The summed E-state index contributed by atoms with van der Waals surface area (Å²) in [7, 11) is 0. The molecule has 182 valence electrons. The van der Waals surface area contributed by atoms with Crippen LogP contribution in [0.5, 0.6) is 11.5 Å². The Morgan fingerprint density at radius 1 is 0.833 bits per heavy atom. The van der Waals surface area contributed by atoms with Crippen molar-refractivity contribution in [3.63, 3.8) is 0 Å². The Morgan fingerprint density at radius 2 is 1.53 bits per heavy atom. The zero-order valence-corrected chi connectivity index (χ0v) is 19.1. The minimum atomic E-state index is -1.02. The maximum absolute atomic E-state index is 13.1. The summed E-state index contributed by atoms with van der Waals surface area (Å²) >= 11 is 0. The fraction of sp³-hybridized carbons (Fsp3) is 0.0714. The fourth-order valence-electron chi connectivity index (χ4n) is 3.66. The third-order valence-corrected chi connectivity index (χ3v) is 5.34. The number of ether oxygens (including phenoxy) is 2. The molecule has 4 N–H and O–H groups in total. The molecule has 0 heterocycles. The summed E-state index contributed by atoms with van der Waals surface area (Å²) < 4.78 is 11.9. The van der Waals surface area contributed by atoms with Crippen LogP contribution in [0.4, 0.5) is 10.5 Å². The molecule has 0 spiro atoms. The third kappa shape index (κ3) is 6.19. The summed E-state index contributed by atoms with van der Waals surface area (Å²) in [5.74, 6) is -0.270. The zero-order chi connectivity index (χ0) is 25.3. The van der Waals surface area contributed by atoms with Crippen LogP contribution in [0.3, 0.4) is 0 Å². The van der Waals surface area contributed by atoms with E-state index in [-0.39, 0.29) is 5.75 Å². The number of fused-ring (bicyclic) bond motifs is 1. The first-order valence-electron chi connectivity index (χ1n) is 11.1. The summed E-state index contributed by atoms with van der Waals surface area (Å²) in [5, 5.41) is 23.2. The summed E-state index contributed by atoms with van der Waals surface area (Å²) in [5.41, 5.74) is 2.60. The number of hydroxylamine groups is 1. The number of para-hydroxylation sites is 1. The smallest absolute Gasteiger partial charge is 0.412 e. The first-order valence-corrected chi connectivity index (χ1v) is 11.1. The van der Waals surface area contributed by atoms with E-state index in [1.54, 1.807) is 42.5 Å². The molecule has 0 radical (unpaired) electrons. The van der Waals surface area contributed by atoms with E-state index in [0.29, 0.717) is 17.0 Å². The van der Waals surface area contributed by atoms with Crippen LogP contribution in [0.2, 0.25) is 0 Å². The number of phenols is 1. The number of nitrogens with one attached hydrogen (secondary N) is 2. The lowest BCUT2D eigenvalue weighted by Crippen LogP contribution is -2.30. The van der Waals surface area contributed by atoms with Gasteiger partial charge in [0.05, 0.1) is 5.69 Å². The van der Waals surface area contributed by atoms with Crippen LogP contribution in [-0.4, -0.2) is 28.4 Å². The fourth-order valence-corrected chi connectivity index (χ4v) is 3.66. The van der Waals surface area contributed by atoms with E-state index in [1.807, 2.05) is 42.5 Å². The summed E-state index contributed by atoms with van der Waals surface area (Å²) in [6, 6.07) is 28.0. The van der Waals surface area contributed by atoms with Crippen LogP contribution >= 0.6 is 0 Å². The lowest BCUT2D eigenvalue weighted by atomic mass is 10.0. The van der Waals surface area contributed by atoms with Crippen molar-refractivity contribution >= 4 is 28.5 Å². The molecule has 8 nitrogen and oxygen atoms in total. The highest BCUT2D eigenvalue weighted by Crippen LogP contribution is 2.29. The lowest BCUT2D eigenvalue weighted by Gasteiger charge is -2.26. The minimum absolute atomic E-state index is 0.0356. The minimum Gasteiger partial charge on any atom is -0.508 e. The molecule has 8 heteroatoms. The van der Waals surface area contributed by atoms with Crippen LogP contribution in [0.15, 0.2) is 109 Å². The molecule has 4 aromatic rings. The van der Waals surface area contributed by atoms with E-state index in [1.165, 1.54) is 23.7 Å². The molecule has 0 fully saturated rings. The van der Waals surface area contributed by atoms with Crippen molar-refractivity contribution in [1.82, 2.24) is 5.48 Å². The maximum Gasteiger partial charge on any atom is 0.412 e. The lowest BCUT2D eigenvalue weighted by molar-refractivity contribution is -0.124. The van der Waals surface area contributed by atoms with E-state index < -0.39 is 24.2 Å². The first-order chi connectivity index (χ1) is 17.5. The van der Waals surface area contributed by atoms with E-state index in [2.05, 4.69) is 5.32 Å². The van der Waals surface area contributed by atoms with Gasteiger partial charge in [0.2, 0.25) is 0 Å². The van der Waals surface area contributed by atoms with Gasteiger partial charge in [-0.1, -0.05) is 66.7 Å². The van der Waals surface area contributed by atoms with E-state index >= 15 is 0 Å². The number of carbonyl (C=O) groups excluding carboxylic acids is 2. The SMILES string of the molecule is O=C(/C=C/[C@@H](Oc1ccccc1)[C@H](OC(=O)Nc1cccc2ccccc12)c1ccc(O)cc1)NO. The number of phenolic OH excluding ortho intramolecular Hbond substituents is 1. The van der Waals surface area contributed by atoms with E-state index in [4.69, 9.17) is 14.7 Å². The molecule has 0 aliphatic rings. The van der Waals surface area contributed by atoms with Crippen molar-refractivity contribution in [2.24, 2.45) is 0 Å². The van der Waals surface area contributed by atoms with Gasteiger partial charge in [-0.25, -0.2) is 10.3 Å². The molecule has 0 saturated heterocycles. The van der Waals surface area contributed by atoms with Crippen LogP contribution in [0.25, 0.3) is 10.8 Å². The second-order valence-electron chi connectivity index (χ2n) is 7.80. The van der Waals surface area contributed by atoms with Gasteiger partial charge in [0.25, 0.3) is 5.91 Å². The van der Waals surface area contributed by atoms with E-state index in [9.17, 15) is 14.7 Å². The summed E-state index contributed by atoms with van der Waals surface area (Å²) in [6.07, 6.45) is -0.281. The van der Waals surface area contributed by atoms with Gasteiger partial charge in [0.15, 0.2) is 12.2 Å². The highest BCUT2D eigenvalue weighted by molar-refractivity contribution is 6.00. The number of aromatic hydroxyl groups is 1. The molecule has 36 heavy (non-hydrogen) atoms. The van der Waals surface area contributed by atoms with Crippen LogP contribution < -0.4 is 15.5 Å². The number of benzene rings is 4. The number of carbonyl (C=O) groups is 2. The normalized spacial score (nSPS) is 12.6. The topological polar surface area (TPSA) is 117 Å². The second-order valence-corrected chi connectivity index (χ2v) is 7.80. The van der Waals surface area contributed by atoms with Gasteiger partial charge in [-0.3, -0.25) is 15.3 Å². The Morgan fingerprint density at radius 3 is 2.28 bits per heavy atom. The number of rotatable bonds is 8. The standard InChI is InChI=1S/C28H24N2O6/c31-21-15-13-20(14-16-21)27(25(17-18-26(32)30-34)35-22-9-2-1-3-10-22)36-28(33)29-24-12-6-8-19-7-4-5-11-23(19)24/h1-18,25,27,31,34H,(H,29,33)(H,30,32)/b18-17+/t25-,27-/m1/s1. The van der Waals surface area contributed by atoms with Crippen molar-refractivity contribution in [3.8, 4) is 11.5 Å². The maximum atomic E-state index is 13.1. The van der Waals surface area contributed by atoms with Gasteiger partial charge in [0.1, 0.15) is 11.5 Å². The third-order valence-electron chi connectivity index (χ3n) is 5.34. The van der Waals surface area contributed by atoms with Gasteiger partial charge in [0, 0.05) is 11.5 Å². The molecule has 0 saturated carbocycles. The molecule has 0 unspecified atom stereocenters. The number of hydrogen-bond donors (Lipinski definition) is 4. The monoisotopic (exact) mass is 484 g/mol.